The maximum atomic E-state index is 11.1. The van der Waals surface area contributed by atoms with Gasteiger partial charge < -0.3 is 10.8 Å². The van der Waals surface area contributed by atoms with E-state index in [-0.39, 0.29) is 10.8 Å². The first-order chi connectivity index (χ1) is 6.95. The molecule has 15 heavy (non-hydrogen) atoms. The van der Waals surface area contributed by atoms with Crippen molar-refractivity contribution in [3.05, 3.63) is 29.8 Å². The number of carbonyl (C=O) groups excluding carboxylic acids is 1. The highest BCUT2D eigenvalue weighted by Crippen LogP contribution is 2.11. The van der Waals surface area contributed by atoms with Crippen molar-refractivity contribution in [2.75, 3.05) is 5.32 Å². The first-order valence-electron chi connectivity index (χ1n) is 3.99. The summed E-state index contributed by atoms with van der Waals surface area (Å²) in [5.74, 6) is -0.245. The molecule has 1 rings (SSSR count). The number of carbonyl (C=O) groups is 1. The third-order valence-corrected chi connectivity index (χ3v) is 2.74. The molecule has 0 unspecified atom stereocenters. The standard InChI is InChI=1S/C8H9N3O3S/c1-6(12)10-7-2-4-8(5-3-7)15(13,14)11-9/h2-5,11H,1H3,(H,10,12). The van der Waals surface area contributed by atoms with Gasteiger partial charge in [0.15, 0.2) is 0 Å². The second-order valence-electron chi connectivity index (χ2n) is 2.80. The Morgan fingerprint density at radius 3 is 2.27 bits per heavy atom. The molecule has 0 radical (unpaired) electrons. The minimum Gasteiger partial charge on any atom is -0.489 e. The summed E-state index contributed by atoms with van der Waals surface area (Å²) in [6.07, 6.45) is 0. The lowest BCUT2D eigenvalue weighted by Crippen LogP contribution is -2.67. The first kappa shape index (κ1) is 11.3. The van der Waals surface area contributed by atoms with Gasteiger partial charge in [-0.25, -0.2) is 4.52 Å². The SMILES string of the molecule is CC(=O)Nc1ccc(S(=O)(=O)[NH+]=[N-])cc1. The molecule has 1 aromatic carbocycles. The van der Waals surface area contributed by atoms with E-state index in [4.69, 9.17) is 5.53 Å². The maximum Gasteiger partial charge on any atom is 0.382 e. The highest BCUT2D eigenvalue weighted by Gasteiger charge is 2.14. The summed E-state index contributed by atoms with van der Waals surface area (Å²) < 4.78 is 23.4. The Kier molecular flexibility index (Phi) is 3.15. The van der Waals surface area contributed by atoms with E-state index in [1.165, 1.54) is 35.7 Å². The number of rotatable bonds is 3. The quantitative estimate of drug-likeness (QED) is 0.677. The van der Waals surface area contributed by atoms with E-state index < -0.39 is 10.0 Å². The summed E-state index contributed by atoms with van der Waals surface area (Å²) in [5.41, 5.74) is 8.84. The molecule has 0 aromatic heterocycles. The predicted molar refractivity (Wildman–Crippen MR) is 52.3 cm³/mol. The van der Waals surface area contributed by atoms with Crippen LogP contribution in [0.2, 0.25) is 0 Å². The second-order valence-corrected chi connectivity index (χ2v) is 4.46. The molecule has 0 aliphatic rings. The van der Waals surface area contributed by atoms with Crippen LogP contribution < -0.4 is 9.84 Å². The summed E-state index contributed by atoms with van der Waals surface area (Å²) in [4.78, 5) is 10.6. The Morgan fingerprint density at radius 1 is 1.33 bits per heavy atom. The van der Waals surface area contributed by atoms with Gasteiger partial charge in [0.05, 0.1) is 0 Å². The zero-order chi connectivity index (χ0) is 11.5. The molecule has 0 atom stereocenters. The van der Waals surface area contributed by atoms with E-state index in [1.54, 1.807) is 0 Å². The van der Waals surface area contributed by atoms with E-state index in [0.29, 0.717) is 5.69 Å². The van der Waals surface area contributed by atoms with Crippen molar-refractivity contribution in [3.63, 3.8) is 0 Å². The lowest BCUT2D eigenvalue weighted by atomic mass is 10.3. The molecular weight excluding hydrogens is 218 g/mol. The number of hydrogen-bond acceptors (Lipinski definition) is 3. The molecule has 0 saturated carbocycles. The molecule has 80 valence electrons. The van der Waals surface area contributed by atoms with E-state index in [2.05, 4.69) is 5.32 Å². The lowest BCUT2D eigenvalue weighted by Gasteiger charge is -2.01. The van der Waals surface area contributed by atoms with Crippen LogP contribution in [0.25, 0.3) is 5.53 Å². The van der Waals surface area contributed by atoms with E-state index in [1.807, 2.05) is 0 Å². The Hall–Kier alpha value is -1.76. The molecule has 2 N–H and O–H groups in total. The molecule has 6 nitrogen and oxygen atoms in total. The second kappa shape index (κ2) is 4.18. The van der Waals surface area contributed by atoms with Crippen LogP contribution in [0.15, 0.2) is 29.2 Å². The fraction of sp³-hybridized carbons (Fsp3) is 0.125. The lowest BCUT2D eigenvalue weighted by molar-refractivity contribution is -0.294. The summed E-state index contributed by atoms with van der Waals surface area (Å²) in [6.45, 7) is 1.35. The van der Waals surface area contributed by atoms with Crippen LogP contribution in [0.3, 0.4) is 0 Å². The minimum absolute atomic E-state index is 0.0842. The van der Waals surface area contributed by atoms with E-state index >= 15 is 0 Å². The molecule has 0 fully saturated rings. The number of benzene rings is 1. The molecule has 0 spiro atoms. The Morgan fingerprint density at radius 2 is 1.87 bits per heavy atom. The Bertz CT molecular complexity index is 478. The zero-order valence-electron chi connectivity index (χ0n) is 7.89. The van der Waals surface area contributed by atoms with Crippen LogP contribution in [-0.4, -0.2) is 14.3 Å². The third kappa shape index (κ3) is 2.84. The Balaban J connectivity index is 3.00. The van der Waals surface area contributed by atoms with Gasteiger partial charge in [-0.2, -0.15) is 8.42 Å². The van der Waals surface area contributed by atoms with Gasteiger partial charge in [-0.05, 0) is 24.3 Å². The third-order valence-electron chi connectivity index (χ3n) is 1.61. The number of nitrogens with one attached hydrogen (secondary N) is 2. The largest absolute Gasteiger partial charge is 0.489 e. The van der Waals surface area contributed by atoms with Gasteiger partial charge in [-0.1, -0.05) is 0 Å². The maximum absolute atomic E-state index is 11.1. The van der Waals surface area contributed by atoms with Crippen molar-refractivity contribution in [1.82, 2.24) is 0 Å². The van der Waals surface area contributed by atoms with Gasteiger partial charge in [0.2, 0.25) is 5.91 Å². The van der Waals surface area contributed by atoms with Crippen molar-refractivity contribution in [1.29, 1.82) is 0 Å². The van der Waals surface area contributed by atoms with Gasteiger partial charge in [0.1, 0.15) is 4.90 Å². The number of amides is 1. The summed E-state index contributed by atoms with van der Waals surface area (Å²) in [5, 5.41) is 2.48. The fourth-order valence-corrected chi connectivity index (χ4v) is 1.57. The van der Waals surface area contributed by atoms with Crippen LogP contribution in [-0.2, 0) is 14.8 Å². The molecule has 0 aliphatic heterocycles. The van der Waals surface area contributed by atoms with Crippen molar-refractivity contribution in [2.45, 2.75) is 11.8 Å². The normalized spacial score (nSPS) is 10.7. The van der Waals surface area contributed by atoms with Gasteiger partial charge >= 0.3 is 10.0 Å². The molecule has 0 bridgehead atoms. The smallest absolute Gasteiger partial charge is 0.382 e. The number of hydrogen-bond donors (Lipinski definition) is 2. The van der Waals surface area contributed by atoms with Crippen LogP contribution in [0.5, 0.6) is 0 Å². The highest BCUT2D eigenvalue weighted by molar-refractivity contribution is 7.84. The average Bonchev–Trinajstić information content (AvgIpc) is 2.18. The van der Waals surface area contributed by atoms with Gasteiger partial charge in [0, 0.05) is 12.6 Å². The topological polar surface area (TPSA) is 99.5 Å². The fourth-order valence-electron chi connectivity index (χ4n) is 0.973. The van der Waals surface area contributed by atoms with Gasteiger partial charge in [-0.15, -0.1) is 0 Å². The van der Waals surface area contributed by atoms with Crippen molar-refractivity contribution in [3.8, 4) is 0 Å². The van der Waals surface area contributed by atoms with Crippen LogP contribution in [0, 0.1) is 0 Å². The van der Waals surface area contributed by atoms with E-state index in [0.717, 1.165) is 0 Å². The van der Waals surface area contributed by atoms with Crippen molar-refractivity contribution < 1.29 is 17.7 Å². The molecule has 7 heteroatoms. The summed E-state index contributed by atoms with van der Waals surface area (Å²) in [7, 11) is -3.85. The Labute approximate surface area is 86.9 Å². The molecule has 0 heterocycles. The zero-order valence-corrected chi connectivity index (χ0v) is 8.71. The van der Waals surface area contributed by atoms with Crippen LogP contribution in [0.4, 0.5) is 5.69 Å². The molecular formula is C8H9N3O3S. The average molecular weight is 227 g/mol. The molecule has 1 aromatic rings. The first-order valence-corrected chi connectivity index (χ1v) is 5.47. The van der Waals surface area contributed by atoms with Crippen molar-refractivity contribution in [2.24, 2.45) is 0 Å². The van der Waals surface area contributed by atoms with Crippen LogP contribution in [0.1, 0.15) is 6.92 Å². The van der Waals surface area contributed by atoms with Gasteiger partial charge in [-0.3, -0.25) is 4.79 Å². The molecule has 0 saturated heterocycles. The minimum atomic E-state index is -3.85. The number of sulfonamides is 1. The molecule has 1 amide bonds. The predicted octanol–water partition coefficient (Wildman–Crippen LogP) is -0.564. The summed E-state index contributed by atoms with van der Waals surface area (Å²) >= 11 is 0. The number of nitrogens with zero attached hydrogens (tertiary/aromatic N) is 1. The van der Waals surface area contributed by atoms with Crippen LogP contribution >= 0.6 is 0 Å². The molecule has 0 aliphatic carbocycles. The highest BCUT2D eigenvalue weighted by atomic mass is 32.2. The number of anilines is 1. The monoisotopic (exact) mass is 227 g/mol. The van der Waals surface area contributed by atoms with Crippen molar-refractivity contribution >= 4 is 21.6 Å². The summed E-state index contributed by atoms with van der Waals surface area (Å²) in [6, 6.07) is 5.38. The van der Waals surface area contributed by atoms with Gasteiger partial charge in [0.25, 0.3) is 0 Å². The van der Waals surface area contributed by atoms with E-state index in [9.17, 15) is 13.2 Å².